The van der Waals surface area contributed by atoms with Crippen LogP contribution in [0.5, 0.6) is 0 Å². The first-order valence-corrected chi connectivity index (χ1v) is 12.8. The Hall–Kier alpha value is -1.96. The van der Waals surface area contributed by atoms with Gasteiger partial charge in [-0.3, -0.25) is 9.69 Å². The fourth-order valence-corrected chi connectivity index (χ4v) is 5.35. The third kappa shape index (κ3) is 6.55. The van der Waals surface area contributed by atoms with Crippen LogP contribution in [0.25, 0.3) is 11.4 Å². The average molecular weight is 474 g/mol. The second kappa shape index (κ2) is 12.0. The molecule has 1 aromatic carbocycles. The van der Waals surface area contributed by atoms with Gasteiger partial charge in [-0.25, -0.2) is 0 Å². The molecule has 7 nitrogen and oxygen atoms in total. The first kappa shape index (κ1) is 24.2. The number of nitrogens with zero attached hydrogens (tertiary/aromatic N) is 4. The van der Waals surface area contributed by atoms with E-state index in [9.17, 15) is 4.79 Å². The summed E-state index contributed by atoms with van der Waals surface area (Å²) in [5.74, 6) is 1.25. The van der Waals surface area contributed by atoms with E-state index < -0.39 is 0 Å². The van der Waals surface area contributed by atoms with Gasteiger partial charge in [-0.05, 0) is 63.7 Å². The number of aromatic nitrogens is 2. The highest BCUT2D eigenvalue weighted by Gasteiger charge is 2.27. The third-order valence-electron chi connectivity index (χ3n) is 6.96. The molecule has 2 aromatic rings. The van der Waals surface area contributed by atoms with E-state index in [0.717, 1.165) is 57.0 Å². The number of hydrogen-bond acceptors (Lipinski definition) is 6. The number of carbonyl (C=O) groups is 1. The molecule has 1 aromatic heterocycles. The molecule has 3 heterocycles. The maximum Gasteiger partial charge on any atom is 0.241 e. The summed E-state index contributed by atoms with van der Waals surface area (Å²) in [7, 11) is 0. The van der Waals surface area contributed by atoms with Crippen LogP contribution in [0.2, 0.25) is 5.02 Å². The molecule has 180 valence electrons. The summed E-state index contributed by atoms with van der Waals surface area (Å²) in [6.45, 7) is 7.53. The van der Waals surface area contributed by atoms with E-state index in [1.165, 1.54) is 32.2 Å². The molecule has 2 unspecified atom stereocenters. The van der Waals surface area contributed by atoms with Crippen molar-refractivity contribution in [3.63, 3.8) is 0 Å². The van der Waals surface area contributed by atoms with Crippen LogP contribution in [-0.2, 0) is 11.3 Å². The summed E-state index contributed by atoms with van der Waals surface area (Å²) in [6, 6.07) is 8.20. The smallest absolute Gasteiger partial charge is 0.241 e. The van der Waals surface area contributed by atoms with Gasteiger partial charge < -0.3 is 14.7 Å². The largest absolute Gasteiger partial charge is 0.356 e. The molecule has 1 N–H and O–H groups in total. The van der Waals surface area contributed by atoms with Crippen molar-refractivity contribution >= 4 is 17.5 Å². The van der Waals surface area contributed by atoms with Gasteiger partial charge in [0.15, 0.2) is 0 Å². The summed E-state index contributed by atoms with van der Waals surface area (Å²) in [4.78, 5) is 22.1. The van der Waals surface area contributed by atoms with Crippen LogP contribution in [0.15, 0.2) is 28.8 Å². The summed E-state index contributed by atoms with van der Waals surface area (Å²) in [5, 5.41) is 7.87. The molecule has 2 atom stereocenters. The van der Waals surface area contributed by atoms with Crippen LogP contribution in [0, 0.1) is 5.92 Å². The minimum Gasteiger partial charge on any atom is -0.356 e. The molecule has 0 saturated carbocycles. The normalized spacial score (nSPS) is 22.4. The van der Waals surface area contributed by atoms with Gasteiger partial charge in [-0.2, -0.15) is 4.98 Å². The Morgan fingerprint density at radius 1 is 1.21 bits per heavy atom. The first-order valence-electron chi connectivity index (χ1n) is 12.5. The number of carbonyl (C=O) groups excluding carboxylic acids is 1. The van der Waals surface area contributed by atoms with E-state index >= 15 is 0 Å². The van der Waals surface area contributed by atoms with Crippen LogP contribution in [0.4, 0.5) is 0 Å². The van der Waals surface area contributed by atoms with Crippen LogP contribution in [-0.4, -0.2) is 64.6 Å². The zero-order valence-corrected chi connectivity index (χ0v) is 20.4. The zero-order chi connectivity index (χ0) is 23.0. The van der Waals surface area contributed by atoms with Gasteiger partial charge in [0.05, 0.1) is 17.5 Å². The predicted octanol–water partition coefficient (Wildman–Crippen LogP) is 4.37. The second-order valence-corrected chi connectivity index (χ2v) is 9.71. The van der Waals surface area contributed by atoms with E-state index in [0.29, 0.717) is 23.3 Å². The van der Waals surface area contributed by atoms with Crippen LogP contribution >= 0.6 is 11.6 Å². The number of halogens is 1. The summed E-state index contributed by atoms with van der Waals surface area (Å²) in [6.07, 6.45) is 8.16. The van der Waals surface area contributed by atoms with Crippen molar-refractivity contribution in [2.45, 2.75) is 64.5 Å². The van der Waals surface area contributed by atoms with Crippen molar-refractivity contribution in [3.05, 3.63) is 35.2 Å². The molecule has 33 heavy (non-hydrogen) atoms. The molecule has 4 rings (SSSR count). The summed E-state index contributed by atoms with van der Waals surface area (Å²) >= 11 is 6.25. The molecule has 0 radical (unpaired) electrons. The Morgan fingerprint density at radius 3 is 2.94 bits per heavy atom. The van der Waals surface area contributed by atoms with Crippen LogP contribution < -0.4 is 5.32 Å². The highest BCUT2D eigenvalue weighted by atomic mass is 35.5. The van der Waals surface area contributed by atoms with E-state index in [4.69, 9.17) is 16.1 Å². The van der Waals surface area contributed by atoms with Crippen LogP contribution in [0.1, 0.15) is 57.8 Å². The van der Waals surface area contributed by atoms with Crippen LogP contribution in [0.3, 0.4) is 0 Å². The maximum absolute atomic E-state index is 12.8. The maximum atomic E-state index is 12.8. The van der Waals surface area contributed by atoms with Crippen molar-refractivity contribution < 1.29 is 9.32 Å². The lowest BCUT2D eigenvalue weighted by atomic mass is 9.97. The second-order valence-electron chi connectivity index (χ2n) is 9.30. The Balaban J connectivity index is 1.21. The summed E-state index contributed by atoms with van der Waals surface area (Å²) in [5.41, 5.74) is 0.764. The number of amides is 1. The number of hydrogen-bond donors (Lipinski definition) is 1. The van der Waals surface area contributed by atoms with E-state index in [1.807, 2.05) is 24.3 Å². The molecule has 2 fully saturated rings. The van der Waals surface area contributed by atoms with Crippen molar-refractivity contribution in [3.8, 4) is 11.4 Å². The number of benzene rings is 1. The molecule has 0 bridgehead atoms. The van der Waals surface area contributed by atoms with Gasteiger partial charge in [-0.1, -0.05) is 42.2 Å². The van der Waals surface area contributed by atoms with Crippen molar-refractivity contribution in [2.24, 2.45) is 5.92 Å². The Kier molecular flexibility index (Phi) is 8.75. The molecule has 2 saturated heterocycles. The van der Waals surface area contributed by atoms with Crippen molar-refractivity contribution in [1.29, 1.82) is 0 Å². The standard InChI is InChI=1S/C25H36ClN5O2/c1-2-20-10-5-6-15-31(20)16-8-13-27-25(32)19-9-7-14-30(17-19)18-23-28-24(29-33-23)21-11-3-4-12-22(21)26/h3-4,11-12,19-20H,2,5-10,13-18H2,1H3,(H,27,32). The van der Waals surface area contributed by atoms with Gasteiger partial charge in [0.1, 0.15) is 0 Å². The Morgan fingerprint density at radius 2 is 2.09 bits per heavy atom. The van der Waals surface area contributed by atoms with E-state index in [-0.39, 0.29) is 11.8 Å². The molecule has 2 aliphatic heterocycles. The summed E-state index contributed by atoms with van der Waals surface area (Å²) < 4.78 is 5.46. The number of likely N-dealkylation sites (tertiary alicyclic amines) is 2. The SMILES string of the molecule is CCC1CCCCN1CCCNC(=O)C1CCCN(Cc2nc(-c3ccccc3Cl)no2)C1. The zero-order valence-electron chi connectivity index (χ0n) is 19.6. The lowest BCUT2D eigenvalue weighted by molar-refractivity contribution is -0.126. The minimum atomic E-state index is 0.0167. The fourth-order valence-electron chi connectivity index (χ4n) is 5.13. The predicted molar refractivity (Wildman–Crippen MR) is 130 cm³/mol. The molecule has 0 spiro atoms. The minimum absolute atomic E-state index is 0.0167. The number of piperidine rings is 2. The highest BCUT2D eigenvalue weighted by Crippen LogP contribution is 2.26. The lowest BCUT2D eigenvalue weighted by Gasteiger charge is -2.35. The number of rotatable bonds is 9. The number of nitrogens with one attached hydrogen (secondary N) is 1. The Bertz CT molecular complexity index is 904. The molecule has 8 heteroatoms. The fraction of sp³-hybridized carbons (Fsp3) is 0.640. The van der Waals surface area contributed by atoms with Gasteiger partial charge in [0, 0.05) is 31.2 Å². The van der Waals surface area contributed by atoms with E-state index in [2.05, 4.69) is 32.2 Å². The first-order chi connectivity index (χ1) is 16.1. The lowest BCUT2D eigenvalue weighted by Crippen LogP contribution is -2.44. The monoisotopic (exact) mass is 473 g/mol. The van der Waals surface area contributed by atoms with Crippen molar-refractivity contribution in [2.75, 3.05) is 32.7 Å². The highest BCUT2D eigenvalue weighted by molar-refractivity contribution is 6.33. The quantitative estimate of drug-likeness (QED) is 0.545. The van der Waals surface area contributed by atoms with Gasteiger partial charge >= 0.3 is 0 Å². The third-order valence-corrected chi connectivity index (χ3v) is 7.29. The molecule has 1 amide bonds. The molecular formula is C25H36ClN5O2. The van der Waals surface area contributed by atoms with Gasteiger partial charge in [0.2, 0.25) is 17.6 Å². The van der Waals surface area contributed by atoms with Crippen molar-refractivity contribution in [1.82, 2.24) is 25.3 Å². The van der Waals surface area contributed by atoms with Gasteiger partial charge in [-0.15, -0.1) is 0 Å². The van der Waals surface area contributed by atoms with Gasteiger partial charge in [0.25, 0.3) is 0 Å². The molecule has 0 aliphatic carbocycles. The van der Waals surface area contributed by atoms with E-state index in [1.54, 1.807) is 0 Å². The molecular weight excluding hydrogens is 438 g/mol. The topological polar surface area (TPSA) is 74.5 Å². The Labute approximate surface area is 201 Å². The molecule has 2 aliphatic rings. The average Bonchev–Trinajstić information content (AvgIpc) is 3.30.